The zero-order valence-electron chi connectivity index (χ0n) is 32.6. The number of amides is 1. The van der Waals surface area contributed by atoms with Gasteiger partial charge in [0.05, 0.1) is 25.2 Å². The molecule has 0 bridgehead atoms. The van der Waals surface area contributed by atoms with Gasteiger partial charge in [0.15, 0.2) is 0 Å². The molecule has 0 aliphatic carbocycles. The van der Waals surface area contributed by atoms with Crippen molar-refractivity contribution in [2.24, 2.45) is 0 Å². The number of hydrogen-bond donors (Lipinski definition) is 3. The monoisotopic (exact) mass is 692 g/mol. The number of nitrogens with one attached hydrogen (secondary N) is 1. The predicted octanol–water partition coefficient (Wildman–Crippen LogP) is 11.6. The molecule has 0 spiro atoms. The van der Waals surface area contributed by atoms with Gasteiger partial charge in [-0.3, -0.25) is 9.59 Å². The van der Waals surface area contributed by atoms with Crippen LogP contribution in [0.25, 0.3) is 0 Å². The van der Waals surface area contributed by atoms with Gasteiger partial charge >= 0.3 is 5.97 Å². The first-order valence-corrected chi connectivity index (χ1v) is 21.1. The number of unbranched alkanes of at least 4 members (excludes halogenated alkanes) is 23. The van der Waals surface area contributed by atoms with Crippen LogP contribution < -0.4 is 5.32 Å². The molecule has 288 valence electrons. The Morgan fingerprint density at radius 1 is 0.612 bits per heavy atom. The number of carbonyl (C=O) groups excluding carboxylic acids is 2. The lowest BCUT2D eigenvalue weighted by Crippen LogP contribution is -2.46. The number of esters is 1. The lowest BCUT2D eigenvalue weighted by molar-refractivity contribution is -0.148. The first-order chi connectivity index (χ1) is 24.0. The maximum Gasteiger partial charge on any atom is 0.306 e. The second-order valence-electron chi connectivity index (χ2n) is 14.4. The molecule has 3 unspecified atom stereocenters. The van der Waals surface area contributed by atoms with Crippen LogP contribution in [0.3, 0.4) is 0 Å². The predicted molar refractivity (Wildman–Crippen MR) is 209 cm³/mol. The van der Waals surface area contributed by atoms with Crippen LogP contribution in [0.4, 0.5) is 0 Å². The molecule has 1 amide bonds. The van der Waals surface area contributed by atoms with Gasteiger partial charge in [-0.05, 0) is 38.2 Å². The minimum Gasteiger partial charge on any atom is -0.458 e. The number of aliphatic hydroxyl groups is 2. The average molecular weight is 692 g/mol. The number of hydrogen-bond acceptors (Lipinski definition) is 5. The maximum atomic E-state index is 13.0. The van der Waals surface area contributed by atoms with Crippen molar-refractivity contribution in [1.82, 2.24) is 5.32 Å². The first kappa shape index (κ1) is 47.3. The third-order valence-corrected chi connectivity index (χ3v) is 9.53. The molecule has 0 aromatic heterocycles. The molecule has 3 N–H and O–H groups in total. The number of allylic oxidation sites excluding steroid dienone is 3. The highest BCUT2D eigenvalue weighted by atomic mass is 16.5. The summed E-state index contributed by atoms with van der Waals surface area (Å²) in [5.74, 6) is -0.602. The molecule has 6 heteroatoms. The Bertz CT molecular complexity index is 782. The second kappa shape index (κ2) is 37.6. The van der Waals surface area contributed by atoms with Crippen LogP contribution in [0.15, 0.2) is 24.3 Å². The van der Waals surface area contributed by atoms with E-state index in [-0.39, 0.29) is 24.9 Å². The molecule has 3 atom stereocenters. The molecule has 0 rings (SSSR count). The molecule has 0 aliphatic heterocycles. The van der Waals surface area contributed by atoms with Crippen molar-refractivity contribution in [3.8, 4) is 0 Å². The van der Waals surface area contributed by atoms with Gasteiger partial charge in [0, 0.05) is 6.42 Å². The van der Waals surface area contributed by atoms with Crippen molar-refractivity contribution in [3.63, 3.8) is 0 Å². The Hall–Kier alpha value is -1.66. The van der Waals surface area contributed by atoms with E-state index in [1.807, 2.05) is 12.2 Å². The van der Waals surface area contributed by atoms with Gasteiger partial charge in [-0.15, -0.1) is 0 Å². The summed E-state index contributed by atoms with van der Waals surface area (Å²) in [5, 5.41) is 23.4. The summed E-state index contributed by atoms with van der Waals surface area (Å²) in [7, 11) is 0. The lowest BCUT2D eigenvalue weighted by Gasteiger charge is -2.23. The highest BCUT2D eigenvalue weighted by Crippen LogP contribution is 2.15. The molecule has 0 saturated heterocycles. The van der Waals surface area contributed by atoms with Crippen molar-refractivity contribution < 1.29 is 24.5 Å². The quantitative estimate of drug-likeness (QED) is 0.0342. The van der Waals surface area contributed by atoms with Crippen molar-refractivity contribution in [3.05, 3.63) is 24.3 Å². The van der Waals surface area contributed by atoms with Crippen LogP contribution in [0.5, 0.6) is 0 Å². The van der Waals surface area contributed by atoms with Crippen LogP contribution in [-0.2, 0) is 14.3 Å². The molecule has 0 aromatic carbocycles. The topological polar surface area (TPSA) is 95.9 Å². The molecule has 0 aliphatic rings. The molecule has 49 heavy (non-hydrogen) atoms. The van der Waals surface area contributed by atoms with E-state index < -0.39 is 18.2 Å². The standard InChI is InChI=1S/C43H81NO5/c1-4-7-10-13-16-19-21-23-25-28-31-34-39(49-43(48)36-33-30-27-24-20-17-14-11-8-5-2)37-42(47)44-40(38-45)41(46)35-32-29-26-22-18-15-12-9-6-3/h23,25,31,34,39-41,45-46H,4-22,24,26-30,32-33,35-38H2,1-3H3,(H,44,47)/b25-23-,34-31+. The van der Waals surface area contributed by atoms with Crippen molar-refractivity contribution >= 4 is 11.9 Å². The summed E-state index contributed by atoms with van der Waals surface area (Å²) >= 11 is 0. The van der Waals surface area contributed by atoms with Gasteiger partial charge < -0.3 is 20.3 Å². The Morgan fingerprint density at radius 2 is 1.08 bits per heavy atom. The van der Waals surface area contributed by atoms with Crippen molar-refractivity contribution in [2.75, 3.05) is 6.61 Å². The third kappa shape index (κ3) is 33.3. The summed E-state index contributed by atoms with van der Waals surface area (Å²) in [6.45, 7) is 6.39. The minimum absolute atomic E-state index is 0.0248. The minimum atomic E-state index is -0.803. The first-order valence-electron chi connectivity index (χ1n) is 21.1. The Labute approximate surface area is 303 Å². The summed E-state index contributed by atoms with van der Waals surface area (Å²) in [6, 6.07) is -0.724. The molecular formula is C43H81NO5. The van der Waals surface area contributed by atoms with Crippen LogP contribution >= 0.6 is 0 Å². The summed E-state index contributed by atoms with van der Waals surface area (Å²) in [6.07, 6.45) is 39.8. The Morgan fingerprint density at radius 3 is 1.59 bits per heavy atom. The number of rotatable bonds is 37. The molecule has 0 heterocycles. The van der Waals surface area contributed by atoms with E-state index in [9.17, 15) is 19.8 Å². The van der Waals surface area contributed by atoms with Crippen molar-refractivity contribution in [2.45, 2.75) is 232 Å². The van der Waals surface area contributed by atoms with Gasteiger partial charge in [0.2, 0.25) is 5.91 Å². The largest absolute Gasteiger partial charge is 0.458 e. The highest BCUT2D eigenvalue weighted by Gasteiger charge is 2.23. The van der Waals surface area contributed by atoms with Gasteiger partial charge in [-0.2, -0.15) is 0 Å². The molecule has 6 nitrogen and oxygen atoms in total. The van der Waals surface area contributed by atoms with E-state index in [1.165, 1.54) is 122 Å². The summed E-state index contributed by atoms with van der Waals surface area (Å²) < 4.78 is 5.77. The fraction of sp³-hybridized carbons (Fsp3) is 0.860. The average Bonchev–Trinajstić information content (AvgIpc) is 3.09. The SMILES string of the molecule is CCCCCCCC/C=C\C/C=C/C(CC(=O)NC(CO)C(O)CCCCCCCCCCC)OC(=O)CCCCCCCCCCCC. The van der Waals surface area contributed by atoms with E-state index >= 15 is 0 Å². The number of ether oxygens (including phenoxy) is 1. The van der Waals surface area contributed by atoms with Gasteiger partial charge in [-0.1, -0.05) is 187 Å². The van der Waals surface area contributed by atoms with Crippen molar-refractivity contribution in [1.29, 1.82) is 0 Å². The molecule has 0 saturated carbocycles. The molecule has 0 fully saturated rings. The molecule has 0 radical (unpaired) electrons. The highest BCUT2D eigenvalue weighted by molar-refractivity contribution is 5.78. The molecule has 0 aromatic rings. The molecular weight excluding hydrogens is 610 g/mol. The van der Waals surface area contributed by atoms with Crippen LogP contribution in [0, 0.1) is 0 Å². The van der Waals surface area contributed by atoms with Crippen LogP contribution in [-0.4, -0.2) is 46.9 Å². The second-order valence-corrected chi connectivity index (χ2v) is 14.4. The van der Waals surface area contributed by atoms with E-state index in [1.54, 1.807) is 0 Å². The van der Waals surface area contributed by atoms with Gasteiger partial charge in [0.1, 0.15) is 6.10 Å². The maximum absolute atomic E-state index is 13.0. The van der Waals surface area contributed by atoms with E-state index in [0.717, 1.165) is 51.4 Å². The van der Waals surface area contributed by atoms with E-state index in [4.69, 9.17) is 4.74 Å². The van der Waals surface area contributed by atoms with Crippen LogP contribution in [0.1, 0.15) is 213 Å². The fourth-order valence-corrected chi connectivity index (χ4v) is 6.28. The summed E-state index contributed by atoms with van der Waals surface area (Å²) in [5.41, 5.74) is 0. The zero-order chi connectivity index (χ0) is 36.0. The fourth-order valence-electron chi connectivity index (χ4n) is 6.28. The third-order valence-electron chi connectivity index (χ3n) is 9.53. The number of aliphatic hydroxyl groups excluding tert-OH is 2. The van der Waals surface area contributed by atoms with Crippen LogP contribution in [0.2, 0.25) is 0 Å². The summed E-state index contributed by atoms with van der Waals surface area (Å²) in [4.78, 5) is 25.7. The number of carbonyl (C=O) groups is 2. The lowest BCUT2D eigenvalue weighted by atomic mass is 10.0. The van der Waals surface area contributed by atoms with Gasteiger partial charge in [-0.25, -0.2) is 0 Å². The Balaban J connectivity index is 4.71. The van der Waals surface area contributed by atoms with Gasteiger partial charge in [0.25, 0.3) is 0 Å². The van der Waals surface area contributed by atoms with E-state index in [0.29, 0.717) is 12.8 Å². The van der Waals surface area contributed by atoms with E-state index in [2.05, 4.69) is 38.2 Å². The normalized spacial score (nSPS) is 13.7. The smallest absolute Gasteiger partial charge is 0.306 e. The zero-order valence-corrected chi connectivity index (χ0v) is 32.6. The Kier molecular flexibility index (Phi) is 36.3.